The number of hydrogen-bond acceptors (Lipinski definition) is 10. The van der Waals surface area contributed by atoms with Gasteiger partial charge < -0.3 is 19.9 Å². The standard InChI is InChI=1S/C50H55F2N9O6S/c1-27-20-34(21-28(2)43(27)52)55-44(60-18-17-59(48(60)64)40-13-11-36(24-37(40)51)68(54,65)35-8-7-9-35)42-30(4)58(16-14-38(42)53)45(62)41-23-33-22-31(32-15-19-66-49(5,6)26-32)10-12-39(33)61(41)50(25-29(50)3)46-56-47(63)67-57-46/h10-13,17-18,20-24,29-30,32,35,54H,7-9,14-16,19,25-26,53H2,1-6H3,(H,56,57,63)/t29-,30-,32-,50-,68?/m0/s1. The number of nitrogens with zero attached hydrogens (tertiary/aromatic N) is 6. The number of nitrogens with two attached hydrogens (primary N) is 1. The van der Waals surface area contributed by atoms with E-state index >= 15 is 13.6 Å². The van der Waals surface area contributed by atoms with Crippen molar-refractivity contribution in [1.29, 1.82) is 4.78 Å². The molecule has 3 aromatic heterocycles. The molecule has 15 nitrogen and oxygen atoms in total. The number of rotatable bonds is 9. The Hall–Kier alpha value is -6.40. The predicted octanol–water partition coefficient (Wildman–Crippen LogP) is 8.30. The Morgan fingerprint density at radius 1 is 1.00 bits per heavy atom. The van der Waals surface area contributed by atoms with E-state index in [0.29, 0.717) is 65.5 Å². The molecule has 3 fully saturated rings. The largest absolute Gasteiger partial charge is 0.438 e. The zero-order chi connectivity index (χ0) is 48.2. The summed E-state index contributed by atoms with van der Waals surface area (Å²) in [5.41, 5.74) is 8.84. The van der Waals surface area contributed by atoms with Crippen molar-refractivity contribution < 1.29 is 27.0 Å². The molecule has 2 aliphatic carbocycles. The molecule has 1 saturated heterocycles. The molecule has 1 unspecified atom stereocenters. The molecule has 5 atom stereocenters. The Kier molecular flexibility index (Phi) is 10.9. The van der Waals surface area contributed by atoms with Crippen molar-refractivity contribution in [3.63, 3.8) is 0 Å². The fourth-order valence-corrected chi connectivity index (χ4v) is 12.7. The monoisotopic (exact) mass is 947 g/mol. The molecule has 4 aliphatic rings. The number of amides is 1. The van der Waals surface area contributed by atoms with Gasteiger partial charge in [-0.25, -0.2) is 32.4 Å². The van der Waals surface area contributed by atoms with Crippen molar-refractivity contribution in [1.82, 2.24) is 28.7 Å². The molecule has 10 rings (SSSR count). The first-order valence-corrected chi connectivity index (χ1v) is 24.8. The molecule has 6 aromatic rings. The highest BCUT2D eigenvalue weighted by molar-refractivity contribution is 7.93. The van der Waals surface area contributed by atoms with Gasteiger partial charge in [-0.1, -0.05) is 24.6 Å². The molecule has 0 spiro atoms. The normalized spacial score (nSPS) is 24.0. The highest BCUT2D eigenvalue weighted by Crippen LogP contribution is 2.56. The number of nitrogens with one attached hydrogen (secondary N) is 2. The molecule has 1 amide bonds. The van der Waals surface area contributed by atoms with Crippen LogP contribution in [0.5, 0.6) is 0 Å². The van der Waals surface area contributed by atoms with Crippen molar-refractivity contribution in [3.05, 3.63) is 139 Å². The van der Waals surface area contributed by atoms with E-state index in [1.165, 1.54) is 29.1 Å². The summed E-state index contributed by atoms with van der Waals surface area (Å²) < 4.78 is 68.4. The van der Waals surface area contributed by atoms with E-state index < -0.39 is 44.4 Å². The lowest BCUT2D eigenvalue weighted by Crippen LogP contribution is -2.49. The number of aryl methyl sites for hydroxylation is 2. The van der Waals surface area contributed by atoms with E-state index in [4.69, 9.17) is 24.8 Å². The SMILES string of the molecule is Cc1cc(N=C(C2=C(N)CCN(C(=O)c3cc4cc([C@H]5CCOC(C)(C)C5)ccc4n3[C@@]3(c4noc(=O)[nH]4)C[C@@H]3C)[C@H]2C)n2ccn(-c3ccc(S(=N)(=O)C4CCC4)cc3F)c2=O)cc(C)c1F. The van der Waals surface area contributed by atoms with E-state index in [-0.39, 0.29) is 58.0 Å². The quantitative estimate of drug-likeness (QED) is 0.0949. The minimum absolute atomic E-state index is 0.0385. The van der Waals surface area contributed by atoms with Crippen molar-refractivity contribution >= 4 is 38.1 Å². The summed E-state index contributed by atoms with van der Waals surface area (Å²) >= 11 is 0. The van der Waals surface area contributed by atoms with Crippen LogP contribution >= 0.6 is 0 Å². The Morgan fingerprint density at radius 3 is 2.37 bits per heavy atom. The molecule has 68 heavy (non-hydrogen) atoms. The van der Waals surface area contributed by atoms with Crippen LogP contribution in [0.25, 0.3) is 16.6 Å². The van der Waals surface area contributed by atoms with Crippen LogP contribution < -0.4 is 17.2 Å². The lowest BCUT2D eigenvalue weighted by atomic mass is 9.83. The first kappa shape index (κ1) is 45.4. The summed E-state index contributed by atoms with van der Waals surface area (Å²) in [5, 5.41) is 4.65. The highest BCUT2D eigenvalue weighted by Gasteiger charge is 2.59. The third-order valence-electron chi connectivity index (χ3n) is 14.8. The fraction of sp³-hybridized carbons (Fsp3) is 0.420. The summed E-state index contributed by atoms with van der Waals surface area (Å²) in [5.74, 6) is -1.71. The molecular weight excluding hydrogens is 893 g/mol. The number of benzene rings is 3. The van der Waals surface area contributed by atoms with Crippen molar-refractivity contribution in [2.75, 3.05) is 13.2 Å². The Morgan fingerprint density at radius 2 is 1.74 bits per heavy atom. The van der Waals surface area contributed by atoms with Crippen molar-refractivity contribution in [2.45, 2.75) is 120 Å². The van der Waals surface area contributed by atoms with Crippen LogP contribution in [0.3, 0.4) is 0 Å². The number of H-pyrrole nitrogens is 1. The number of carbonyl (C=O) groups excluding carboxylic acids is 1. The number of aromatic nitrogens is 5. The summed E-state index contributed by atoms with van der Waals surface area (Å²) in [6.45, 7) is 12.1. The van der Waals surface area contributed by atoms with Gasteiger partial charge in [-0.3, -0.25) is 23.4 Å². The summed E-state index contributed by atoms with van der Waals surface area (Å²) in [4.78, 5) is 52.1. The predicted molar refractivity (Wildman–Crippen MR) is 253 cm³/mol. The second-order valence-electron chi connectivity index (χ2n) is 19.7. The molecule has 3 aromatic carbocycles. The van der Waals surface area contributed by atoms with E-state index in [9.17, 15) is 13.8 Å². The Bertz CT molecular complexity index is 3330. The van der Waals surface area contributed by atoms with Crippen LogP contribution in [0.15, 0.2) is 102 Å². The van der Waals surface area contributed by atoms with Crippen LogP contribution in [0, 0.1) is 36.2 Å². The maximum absolute atomic E-state index is 16.0. The van der Waals surface area contributed by atoms with Gasteiger partial charge >= 0.3 is 11.4 Å². The van der Waals surface area contributed by atoms with E-state index in [0.717, 1.165) is 46.4 Å². The summed E-state index contributed by atoms with van der Waals surface area (Å²) in [7, 11) is -3.25. The van der Waals surface area contributed by atoms with Crippen LogP contribution in [0.2, 0.25) is 0 Å². The lowest BCUT2D eigenvalue weighted by Gasteiger charge is -2.37. The van der Waals surface area contributed by atoms with Gasteiger partial charge in [0.15, 0.2) is 5.82 Å². The van der Waals surface area contributed by atoms with Gasteiger partial charge in [0.2, 0.25) is 0 Å². The smallest absolute Gasteiger partial charge is 0.402 e. The van der Waals surface area contributed by atoms with Gasteiger partial charge in [-0.05, 0) is 144 Å². The van der Waals surface area contributed by atoms with Gasteiger partial charge in [0, 0.05) is 59.4 Å². The van der Waals surface area contributed by atoms with Crippen LogP contribution in [0.1, 0.15) is 112 Å². The van der Waals surface area contributed by atoms with Crippen molar-refractivity contribution in [2.24, 2.45) is 16.6 Å². The molecule has 2 saturated carbocycles. The van der Waals surface area contributed by atoms with Crippen LogP contribution in [0.4, 0.5) is 14.5 Å². The minimum Gasteiger partial charge on any atom is -0.402 e. The van der Waals surface area contributed by atoms with Crippen molar-refractivity contribution in [3.8, 4) is 5.69 Å². The number of ether oxygens (including phenoxy) is 1. The van der Waals surface area contributed by atoms with E-state index in [1.54, 1.807) is 37.8 Å². The van der Waals surface area contributed by atoms with Crippen LogP contribution in [-0.2, 0) is 20.0 Å². The van der Waals surface area contributed by atoms with E-state index in [1.807, 2.05) is 23.6 Å². The molecule has 356 valence electrons. The number of aliphatic imine (C=N–C) groups is 1. The first-order chi connectivity index (χ1) is 32.3. The molecule has 0 bridgehead atoms. The first-order valence-electron chi connectivity index (χ1n) is 23.2. The zero-order valence-corrected chi connectivity index (χ0v) is 39.7. The molecule has 18 heteroatoms. The third kappa shape index (κ3) is 7.46. The average molecular weight is 948 g/mol. The average Bonchev–Trinajstić information content (AvgIpc) is 3.57. The highest BCUT2D eigenvalue weighted by atomic mass is 32.2. The Labute approximate surface area is 391 Å². The maximum Gasteiger partial charge on any atom is 0.438 e. The number of hydrogen-bond donors (Lipinski definition) is 3. The van der Waals surface area contributed by atoms with Gasteiger partial charge in [-0.15, -0.1) is 0 Å². The number of fused-ring (bicyclic) bond motifs is 1. The number of carbonyl (C=O) groups is 1. The summed E-state index contributed by atoms with van der Waals surface area (Å²) in [6, 6.07) is 14.3. The van der Waals surface area contributed by atoms with Gasteiger partial charge in [0.1, 0.15) is 28.7 Å². The van der Waals surface area contributed by atoms with Gasteiger partial charge in [-0.2, -0.15) is 0 Å². The van der Waals surface area contributed by atoms with E-state index in [2.05, 4.69) is 36.1 Å². The number of halogens is 2. The topological polar surface area (TPSA) is 200 Å². The number of aromatic amines is 1. The number of imidazole rings is 1. The van der Waals surface area contributed by atoms with Gasteiger partial charge in [0.05, 0.1) is 37.6 Å². The minimum atomic E-state index is -3.25. The van der Waals surface area contributed by atoms with Crippen LogP contribution in [-0.4, -0.2) is 74.7 Å². The molecule has 5 heterocycles. The second-order valence-corrected chi connectivity index (χ2v) is 22.1. The lowest BCUT2D eigenvalue weighted by molar-refractivity contribution is -0.0592. The third-order valence-corrected chi connectivity index (χ3v) is 17.2. The molecule has 4 N–H and O–H groups in total. The fourth-order valence-electron chi connectivity index (χ4n) is 10.8. The molecular formula is C50H55F2N9O6S. The molecule has 0 radical (unpaired) electrons. The molecule has 2 aliphatic heterocycles. The maximum atomic E-state index is 16.0. The second kappa shape index (κ2) is 16.4. The van der Waals surface area contributed by atoms with Gasteiger partial charge in [0.25, 0.3) is 5.91 Å². The summed E-state index contributed by atoms with van der Waals surface area (Å²) in [6.07, 6.45) is 7.40. The Balaban J connectivity index is 1.08. The zero-order valence-electron chi connectivity index (χ0n) is 38.9.